The number of alkyl halides is 2. The first-order valence-electron chi connectivity index (χ1n) is 3.29. The molecule has 13 heavy (non-hydrogen) atoms. The predicted molar refractivity (Wildman–Crippen MR) is 33.8 cm³/mol. The zero-order valence-electron chi connectivity index (χ0n) is 6.55. The van der Waals surface area contributed by atoms with Gasteiger partial charge in [-0.3, -0.25) is 5.01 Å². The third-order valence-electron chi connectivity index (χ3n) is 1.70. The average molecular weight is 195 g/mol. The molecular weight excluding hydrogens is 189 g/mol. The van der Waals surface area contributed by atoms with E-state index in [9.17, 15) is 23.1 Å². The SMILES string of the molecule is CN1NC(C(=O)[O-])(C(F)F)C=C1F. The zero-order chi connectivity index (χ0) is 10.2. The molecule has 1 heterocycles. The van der Waals surface area contributed by atoms with Gasteiger partial charge in [-0.1, -0.05) is 0 Å². The normalized spacial score (nSPS) is 28.1. The standard InChI is InChI=1S/C6H7F3N2O2/c1-11-3(7)2-6(10-11,4(8)9)5(12)13/h2,4,10H,1H3,(H,12,13)/p-1. The number of carbonyl (C=O) groups is 1. The number of nitrogens with one attached hydrogen (secondary N) is 1. The van der Waals surface area contributed by atoms with Crippen LogP contribution in [0.3, 0.4) is 0 Å². The van der Waals surface area contributed by atoms with E-state index in [2.05, 4.69) is 0 Å². The number of carboxylic acid groups (broad SMARTS) is 1. The average Bonchev–Trinajstić information content (AvgIpc) is 2.29. The Labute approximate surface area is 71.6 Å². The van der Waals surface area contributed by atoms with Gasteiger partial charge in [-0.25, -0.2) is 14.2 Å². The Kier molecular flexibility index (Phi) is 2.21. The number of hydrogen-bond donors (Lipinski definition) is 1. The largest absolute Gasteiger partial charge is 0.547 e. The number of halogens is 3. The van der Waals surface area contributed by atoms with Crippen LogP contribution in [0.1, 0.15) is 0 Å². The molecule has 0 saturated heterocycles. The summed E-state index contributed by atoms with van der Waals surface area (Å²) in [4.78, 5) is 10.4. The molecule has 7 heteroatoms. The molecule has 0 bridgehead atoms. The van der Waals surface area contributed by atoms with Crippen LogP contribution in [0.5, 0.6) is 0 Å². The third-order valence-corrected chi connectivity index (χ3v) is 1.70. The van der Waals surface area contributed by atoms with Crippen molar-refractivity contribution in [3.05, 3.63) is 12.0 Å². The van der Waals surface area contributed by atoms with Gasteiger partial charge in [-0.15, -0.1) is 0 Å². The fourth-order valence-electron chi connectivity index (χ4n) is 0.953. The number of hydrogen-bond acceptors (Lipinski definition) is 4. The van der Waals surface area contributed by atoms with Gasteiger partial charge in [0.05, 0.1) is 5.97 Å². The van der Waals surface area contributed by atoms with Crippen LogP contribution in [0, 0.1) is 0 Å². The van der Waals surface area contributed by atoms with Gasteiger partial charge in [0.1, 0.15) is 0 Å². The predicted octanol–water partition coefficient (Wildman–Crippen LogP) is -0.999. The van der Waals surface area contributed by atoms with Gasteiger partial charge in [0.2, 0.25) is 5.95 Å². The summed E-state index contributed by atoms with van der Waals surface area (Å²) >= 11 is 0. The second-order valence-electron chi connectivity index (χ2n) is 2.60. The molecule has 1 aliphatic rings. The van der Waals surface area contributed by atoms with Crippen molar-refractivity contribution in [1.82, 2.24) is 10.4 Å². The lowest BCUT2D eigenvalue weighted by atomic mass is 10.0. The van der Waals surface area contributed by atoms with E-state index < -0.39 is 23.9 Å². The third kappa shape index (κ3) is 1.35. The maximum Gasteiger partial charge on any atom is 0.267 e. The van der Waals surface area contributed by atoms with E-state index >= 15 is 0 Å². The zero-order valence-corrected chi connectivity index (χ0v) is 6.55. The highest BCUT2D eigenvalue weighted by Crippen LogP contribution is 2.26. The second kappa shape index (κ2) is 2.91. The number of carboxylic acids is 1. The maximum atomic E-state index is 12.6. The van der Waals surface area contributed by atoms with E-state index in [0.29, 0.717) is 5.01 Å². The molecule has 0 amide bonds. The van der Waals surface area contributed by atoms with Gasteiger partial charge in [-0.05, 0) is 0 Å². The van der Waals surface area contributed by atoms with Crippen molar-refractivity contribution in [3.8, 4) is 0 Å². The fraction of sp³-hybridized carbons (Fsp3) is 0.500. The molecule has 0 saturated carbocycles. The molecule has 0 aliphatic carbocycles. The van der Waals surface area contributed by atoms with Gasteiger partial charge in [-0.2, -0.15) is 4.39 Å². The van der Waals surface area contributed by atoms with E-state index in [4.69, 9.17) is 0 Å². The summed E-state index contributed by atoms with van der Waals surface area (Å²) in [6.07, 6.45) is -3.00. The van der Waals surface area contributed by atoms with Crippen LogP contribution in [-0.4, -0.2) is 30.0 Å². The van der Waals surface area contributed by atoms with E-state index in [-0.39, 0.29) is 6.08 Å². The van der Waals surface area contributed by atoms with Crippen LogP contribution in [0.2, 0.25) is 0 Å². The molecule has 0 spiro atoms. The summed E-state index contributed by atoms with van der Waals surface area (Å²) < 4.78 is 37.2. The van der Waals surface area contributed by atoms with Crippen LogP contribution in [0.25, 0.3) is 0 Å². The van der Waals surface area contributed by atoms with Gasteiger partial charge < -0.3 is 9.90 Å². The lowest BCUT2D eigenvalue weighted by molar-refractivity contribution is -0.316. The number of hydrazine groups is 1. The molecule has 1 rings (SSSR count). The first-order valence-corrected chi connectivity index (χ1v) is 3.29. The Balaban J connectivity index is 3.04. The lowest BCUT2D eigenvalue weighted by Crippen LogP contribution is -2.61. The molecule has 0 aromatic rings. The Hall–Kier alpha value is -1.24. The summed E-state index contributed by atoms with van der Waals surface area (Å²) in [5, 5.41) is 10.9. The Morgan fingerprint density at radius 1 is 1.77 bits per heavy atom. The summed E-state index contributed by atoms with van der Waals surface area (Å²) in [7, 11) is 1.08. The molecule has 0 aromatic heterocycles. The van der Waals surface area contributed by atoms with Crippen molar-refractivity contribution in [2.24, 2.45) is 0 Å². The summed E-state index contributed by atoms with van der Waals surface area (Å²) in [5.74, 6) is -3.15. The number of carbonyl (C=O) groups excluding carboxylic acids is 1. The quantitative estimate of drug-likeness (QED) is 0.574. The molecule has 1 aliphatic heterocycles. The second-order valence-corrected chi connectivity index (χ2v) is 2.60. The molecule has 0 aromatic carbocycles. The maximum absolute atomic E-state index is 12.6. The monoisotopic (exact) mass is 195 g/mol. The van der Waals surface area contributed by atoms with Crippen molar-refractivity contribution < 1.29 is 23.1 Å². The van der Waals surface area contributed by atoms with Crippen LogP contribution in [-0.2, 0) is 4.79 Å². The highest BCUT2D eigenvalue weighted by molar-refractivity contribution is 5.81. The van der Waals surface area contributed by atoms with Crippen LogP contribution >= 0.6 is 0 Å². The van der Waals surface area contributed by atoms with Gasteiger partial charge in [0, 0.05) is 13.1 Å². The van der Waals surface area contributed by atoms with E-state index in [1.807, 2.05) is 0 Å². The number of nitrogens with zero attached hydrogens (tertiary/aromatic N) is 1. The van der Waals surface area contributed by atoms with Crippen LogP contribution < -0.4 is 10.5 Å². The van der Waals surface area contributed by atoms with Gasteiger partial charge >= 0.3 is 0 Å². The van der Waals surface area contributed by atoms with Crippen molar-refractivity contribution in [3.63, 3.8) is 0 Å². The number of aliphatic carboxylic acids is 1. The van der Waals surface area contributed by atoms with Gasteiger partial charge in [0.25, 0.3) is 6.43 Å². The van der Waals surface area contributed by atoms with Gasteiger partial charge in [0.15, 0.2) is 5.54 Å². The van der Waals surface area contributed by atoms with Crippen molar-refractivity contribution in [2.45, 2.75) is 12.0 Å². The molecule has 4 nitrogen and oxygen atoms in total. The minimum atomic E-state index is -3.28. The minimum Gasteiger partial charge on any atom is -0.547 e. The highest BCUT2D eigenvalue weighted by Gasteiger charge is 2.46. The van der Waals surface area contributed by atoms with Crippen molar-refractivity contribution in [1.29, 1.82) is 0 Å². The van der Waals surface area contributed by atoms with E-state index in [1.165, 1.54) is 0 Å². The summed E-state index contributed by atoms with van der Waals surface area (Å²) in [6, 6.07) is 0. The first kappa shape index (κ1) is 9.85. The molecular formula is C6H6F3N2O2-. The Morgan fingerprint density at radius 2 is 2.31 bits per heavy atom. The molecule has 0 fully saturated rings. The summed E-state index contributed by atoms with van der Waals surface area (Å²) in [6.45, 7) is 0. The van der Waals surface area contributed by atoms with E-state index in [1.54, 1.807) is 5.43 Å². The molecule has 0 radical (unpaired) electrons. The lowest BCUT2D eigenvalue weighted by Gasteiger charge is -2.29. The Bertz CT molecular complexity index is 269. The highest BCUT2D eigenvalue weighted by atomic mass is 19.3. The minimum absolute atomic E-state index is 0.285. The van der Waals surface area contributed by atoms with Crippen molar-refractivity contribution in [2.75, 3.05) is 7.05 Å². The van der Waals surface area contributed by atoms with Crippen LogP contribution in [0.4, 0.5) is 13.2 Å². The molecule has 1 unspecified atom stereocenters. The molecule has 1 atom stereocenters. The van der Waals surface area contributed by atoms with Crippen molar-refractivity contribution >= 4 is 5.97 Å². The fourth-order valence-corrected chi connectivity index (χ4v) is 0.953. The topological polar surface area (TPSA) is 55.4 Å². The first-order chi connectivity index (χ1) is 5.90. The van der Waals surface area contributed by atoms with Crippen LogP contribution in [0.15, 0.2) is 12.0 Å². The molecule has 74 valence electrons. The molecule has 1 N–H and O–H groups in total. The Morgan fingerprint density at radius 3 is 2.46 bits per heavy atom. The van der Waals surface area contributed by atoms with E-state index in [0.717, 1.165) is 7.05 Å². The smallest absolute Gasteiger partial charge is 0.267 e. The summed E-state index contributed by atoms with van der Waals surface area (Å²) in [5.41, 5.74) is -0.981. The number of rotatable bonds is 2.